The Kier molecular flexibility index (Phi) is 4.67. The van der Waals surface area contributed by atoms with Gasteiger partial charge in [-0.25, -0.2) is 14.6 Å². The molecule has 0 fully saturated rings. The van der Waals surface area contributed by atoms with Gasteiger partial charge in [0, 0.05) is 5.38 Å². The highest BCUT2D eigenvalue weighted by atomic mass is 32.1. The predicted molar refractivity (Wildman–Crippen MR) is 73.7 cm³/mol. The average Bonchev–Trinajstić information content (AvgIpc) is 2.94. The number of esters is 1. The minimum Gasteiger partial charge on any atom is -0.464 e. The maximum absolute atomic E-state index is 11.6. The molecule has 2 rings (SSSR count). The molecule has 6 nitrogen and oxygen atoms in total. The van der Waals surface area contributed by atoms with Crippen LogP contribution in [0.4, 0.5) is 9.93 Å². The molecular weight excluding hydrogens is 280 g/mol. The van der Waals surface area contributed by atoms with E-state index in [9.17, 15) is 9.59 Å². The molecule has 104 valence electrons. The van der Waals surface area contributed by atoms with Crippen LogP contribution in [0.2, 0.25) is 0 Å². The normalized spacial score (nSPS) is 9.85. The van der Waals surface area contributed by atoms with Crippen LogP contribution < -0.4 is 5.32 Å². The van der Waals surface area contributed by atoms with Crippen LogP contribution in [0.1, 0.15) is 16.1 Å². The molecule has 0 aliphatic heterocycles. The standard InChI is InChI=1S/C13H12N2O4S/c1-18-11(16)10-8-20-12(14-10)15-13(17)19-7-9-5-3-2-4-6-9/h2-6,8H,7H2,1H3,(H,14,15,17). The maximum Gasteiger partial charge on any atom is 0.413 e. The van der Waals surface area contributed by atoms with Gasteiger partial charge in [0.05, 0.1) is 7.11 Å². The van der Waals surface area contributed by atoms with Crippen molar-refractivity contribution < 1.29 is 19.1 Å². The fourth-order valence-corrected chi connectivity index (χ4v) is 2.04. The van der Waals surface area contributed by atoms with Crippen LogP contribution in [0.3, 0.4) is 0 Å². The van der Waals surface area contributed by atoms with Crippen molar-refractivity contribution in [3.05, 3.63) is 47.0 Å². The molecule has 1 N–H and O–H groups in total. The van der Waals surface area contributed by atoms with Crippen molar-refractivity contribution in [2.75, 3.05) is 12.4 Å². The van der Waals surface area contributed by atoms with Crippen molar-refractivity contribution in [1.82, 2.24) is 4.98 Å². The number of methoxy groups -OCH3 is 1. The molecule has 1 aromatic carbocycles. The van der Waals surface area contributed by atoms with Crippen molar-refractivity contribution in [2.24, 2.45) is 0 Å². The predicted octanol–water partition coefficient (Wildman–Crippen LogP) is 2.68. The topological polar surface area (TPSA) is 77.5 Å². The highest BCUT2D eigenvalue weighted by Crippen LogP contribution is 2.16. The van der Waals surface area contributed by atoms with Gasteiger partial charge in [0.25, 0.3) is 0 Å². The monoisotopic (exact) mass is 292 g/mol. The van der Waals surface area contributed by atoms with E-state index in [0.717, 1.165) is 16.9 Å². The van der Waals surface area contributed by atoms with Gasteiger partial charge >= 0.3 is 12.1 Å². The number of hydrogen-bond donors (Lipinski definition) is 1. The Morgan fingerprint density at radius 3 is 2.75 bits per heavy atom. The molecule has 1 aromatic heterocycles. The lowest BCUT2D eigenvalue weighted by Gasteiger charge is -2.04. The smallest absolute Gasteiger partial charge is 0.413 e. The molecule has 0 atom stereocenters. The van der Waals surface area contributed by atoms with Gasteiger partial charge in [0.1, 0.15) is 6.61 Å². The Balaban J connectivity index is 1.85. The Morgan fingerprint density at radius 2 is 2.05 bits per heavy atom. The van der Waals surface area contributed by atoms with Gasteiger partial charge in [-0.3, -0.25) is 5.32 Å². The maximum atomic E-state index is 11.6. The molecule has 0 aliphatic carbocycles. The van der Waals surface area contributed by atoms with Crippen molar-refractivity contribution in [2.45, 2.75) is 6.61 Å². The first-order valence-corrected chi connectivity index (χ1v) is 6.58. The molecule has 7 heteroatoms. The van der Waals surface area contributed by atoms with E-state index < -0.39 is 12.1 Å². The second kappa shape index (κ2) is 6.67. The number of anilines is 1. The molecule has 1 amide bonds. The fourth-order valence-electron chi connectivity index (χ4n) is 1.38. The Morgan fingerprint density at radius 1 is 1.30 bits per heavy atom. The first-order chi connectivity index (χ1) is 9.69. The third-order valence-electron chi connectivity index (χ3n) is 2.32. The van der Waals surface area contributed by atoms with E-state index in [1.165, 1.54) is 12.5 Å². The summed E-state index contributed by atoms with van der Waals surface area (Å²) in [6.07, 6.45) is -0.625. The molecule has 0 saturated carbocycles. The van der Waals surface area contributed by atoms with Gasteiger partial charge in [0.2, 0.25) is 0 Å². The van der Waals surface area contributed by atoms with Crippen LogP contribution >= 0.6 is 11.3 Å². The molecular formula is C13H12N2O4S. The number of thiazole rings is 1. The molecule has 2 aromatic rings. The van der Waals surface area contributed by atoms with Crippen LogP contribution in [0.25, 0.3) is 0 Å². The molecule has 0 saturated heterocycles. The second-order valence-corrected chi connectivity index (χ2v) is 4.57. The van der Waals surface area contributed by atoms with Crippen LogP contribution in [0.5, 0.6) is 0 Å². The third kappa shape index (κ3) is 3.79. The summed E-state index contributed by atoms with van der Waals surface area (Å²) in [6, 6.07) is 9.31. The van der Waals surface area contributed by atoms with Gasteiger partial charge in [-0.15, -0.1) is 11.3 Å². The largest absolute Gasteiger partial charge is 0.464 e. The SMILES string of the molecule is COC(=O)c1csc(NC(=O)OCc2ccccc2)n1. The highest BCUT2D eigenvalue weighted by Gasteiger charge is 2.12. The Bertz CT molecular complexity index is 597. The molecule has 20 heavy (non-hydrogen) atoms. The summed E-state index contributed by atoms with van der Waals surface area (Å²) >= 11 is 1.12. The average molecular weight is 292 g/mol. The molecule has 0 unspecified atom stereocenters. The molecule has 0 bridgehead atoms. The summed E-state index contributed by atoms with van der Waals surface area (Å²) in [6.45, 7) is 0.169. The fraction of sp³-hybridized carbons (Fsp3) is 0.154. The van der Waals surface area contributed by atoms with E-state index in [-0.39, 0.29) is 17.4 Å². The number of aromatic nitrogens is 1. The lowest BCUT2D eigenvalue weighted by atomic mass is 10.2. The number of rotatable bonds is 4. The van der Waals surface area contributed by atoms with Gasteiger partial charge in [-0.1, -0.05) is 30.3 Å². The van der Waals surface area contributed by atoms with E-state index in [2.05, 4.69) is 15.0 Å². The zero-order chi connectivity index (χ0) is 14.4. The lowest BCUT2D eigenvalue weighted by molar-refractivity contribution is 0.0595. The zero-order valence-electron chi connectivity index (χ0n) is 10.7. The summed E-state index contributed by atoms with van der Waals surface area (Å²) in [4.78, 5) is 26.7. The van der Waals surface area contributed by atoms with Crippen molar-refractivity contribution in [3.8, 4) is 0 Å². The molecule has 0 radical (unpaired) electrons. The number of carbonyl (C=O) groups is 2. The Labute approximate surface area is 119 Å². The molecule has 0 aliphatic rings. The minimum atomic E-state index is -0.625. The summed E-state index contributed by atoms with van der Waals surface area (Å²) in [7, 11) is 1.27. The molecule has 0 spiro atoms. The van der Waals surface area contributed by atoms with Crippen LogP contribution in [-0.2, 0) is 16.1 Å². The lowest BCUT2D eigenvalue weighted by Crippen LogP contribution is -2.13. The third-order valence-corrected chi connectivity index (χ3v) is 3.08. The summed E-state index contributed by atoms with van der Waals surface area (Å²) in [5.74, 6) is -0.549. The second-order valence-electron chi connectivity index (χ2n) is 3.72. The van der Waals surface area contributed by atoms with Gasteiger partial charge < -0.3 is 9.47 Å². The number of nitrogens with one attached hydrogen (secondary N) is 1. The zero-order valence-corrected chi connectivity index (χ0v) is 11.5. The first-order valence-electron chi connectivity index (χ1n) is 5.70. The minimum absolute atomic E-state index is 0.149. The van der Waals surface area contributed by atoms with Crippen LogP contribution in [0, 0.1) is 0 Å². The first kappa shape index (κ1) is 14.0. The van der Waals surface area contributed by atoms with Gasteiger partial charge in [0.15, 0.2) is 10.8 Å². The van der Waals surface area contributed by atoms with Crippen molar-refractivity contribution in [3.63, 3.8) is 0 Å². The highest BCUT2D eigenvalue weighted by molar-refractivity contribution is 7.14. The Hall–Kier alpha value is -2.41. The number of benzene rings is 1. The van der Waals surface area contributed by atoms with E-state index in [4.69, 9.17) is 4.74 Å². The van der Waals surface area contributed by atoms with E-state index in [1.807, 2.05) is 30.3 Å². The number of hydrogen-bond acceptors (Lipinski definition) is 6. The molecule has 1 heterocycles. The number of amides is 1. The summed E-state index contributed by atoms with van der Waals surface area (Å²) in [5, 5.41) is 4.23. The van der Waals surface area contributed by atoms with E-state index in [1.54, 1.807) is 0 Å². The summed E-state index contributed by atoms with van der Waals surface area (Å²) in [5.41, 5.74) is 1.04. The quantitative estimate of drug-likeness (QED) is 0.877. The summed E-state index contributed by atoms with van der Waals surface area (Å²) < 4.78 is 9.55. The number of carbonyl (C=O) groups excluding carboxylic acids is 2. The van der Waals surface area contributed by atoms with Gasteiger partial charge in [-0.05, 0) is 5.56 Å². The van der Waals surface area contributed by atoms with Crippen LogP contribution in [0.15, 0.2) is 35.7 Å². The van der Waals surface area contributed by atoms with Crippen molar-refractivity contribution >= 4 is 28.5 Å². The van der Waals surface area contributed by atoms with E-state index >= 15 is 0 Å². The van der Waals surface area contributed by atoms with Crippen LogP contribution in [-0.4, -0.2) is 24.2 Å². The number of ether oxygens (including phenoxy) is 2. The van der Waals surface area contributed by atoms with E-state index in [0.29, 0.717) is 0 Å². The number of nitrogens with zero attached hydrogens (tertiary/aromatic N) is 1. The van der Waals surface area contributed by atoms with Gasteiger partial charge in [-0.2, -0.15) is 0 Å². The van der Waals surface area contributed by atoms with Crippen molar-refractivity contribution in [1.29, 1.82) is 0 Å².